The lowest BCUT2D eigenvalue weighted by molar-refractivity contribution is -0.122. The number of amides is 1. The Bertz CT molecular complexity index is 1620. The van der Waals surface area contributed by atoms with Crippen molar-refractivity contribution in [2.45, 2.75) is 32.6 Å². The fourth-order valence-electron chi connectivity index (χ4n) is 5.75. The average molecular weight is 599 g/mol. The zero-order chi connectivity index (χ0) is 29.8. The molecule has 3 heterocycles. The van der Waals surface area contributed by atoms with Gasteiger partial charge in [0, 0.05) is 32.2 Å². The van der Waals surface area contributed by atoms with E-state index in [-0.39, 0.29) is 17.0 Å². The molecule has 1 aromatic heterocycles. The molecule has 1 amide bonds. The minimum atomic E-state index is -0.319. The summed E-state index contributed by atoms with van der Waals surface area (Å²) in [6, 6.07) is 20.4. The first-order valence-corrected chi connectivity index (χ1v) is 15.3. The Labute approximate surface area is 256 Å². The van der Waals surface area contributed by atoms with Crippen LogP contribution in [0.5, 0.6) is 5.75 Å². The monoisotopic (exact) mass is 598 g/mol. The lowest BCUT2D eigenvalue weighted by Gasteiger charge is -2.36. The molecule has 0 saturated carbocycles. The number of benzene rings is 2. The van der Waals surface area contributed by atoms with E-state index in [1.54, 1.807) is 30.5 Å². The van der Waals surface area contributed by atoms with Gasteiger partial charge in [0.25, 0.3) is 11.5 Å². The fraction of sp³-hybridized carbons (Fsp3) is 0.333. The summed E-state index contributed by atoms with van der Waals surface area (Å²) in [4.78, 5) is 31.1. The second-order valence-corrected chi connectivity index (χ2v) is 12.4. The van der Waals surface area contributed by atoms with E-state index < -0.39 is 0 Å². The standard InChI is InChI=1S/C33H34N4O3S2/c1-22-27(20-29-32(39)37(33(41)42-29)18-15-23-9-11-26(40-3)12-10-23)30(35(2)31(38)28(22)21-34)36-16-13-25(14-17-36)19-24-7-5-4-6-8-24/h4-12,20,25H,13-19H2,1-3H3/b29-20+. The van der Waals surface area contributed by atoms with Crippen LogP contribution in [0.15, 0.2) is 64.3 Å². The van der Waals surface area contributed by atoms with Gasteiger partial charge in [0.2, 0.25) is 0 Å². The van der Waals surface area contributed by atoms with Crippen molar-refractivity contribution < 1.29 is 9.53 Å². The molecule has 0 atom stereocenters. The molecular formula is C33H34N4O3S2. The van der Waals surface area contributed by atoms with Gasteiger partial charge in [-0.3, -0.25) is 19.1 Å². The van der Waals surface area contributed by atoms with E-state index >= 15 is 0 Å². The van der Waals surface area contributed by atoms with Gasteiger partial charge < -0.3 is 9.64 Å². The second-order valence-electron chi connectivity index (χ2n) is 10.8. The summed E-state index contributed by atoms with van der Waals surface area (Å²) in [5.74, 6) is 1.94. The number of aromatic nitrogens is 1. The van der Waals surface area contributed by atoms with E-state index in [0.717, 1.165) is 55.0 Å². The number of rotatable bonds is 8. The maximum atomic E-state index is 13.5. The molecule has 5 rings (SSSR count). The number of hydrogen-bond donors (Lipinski definition) is 0. The highest BCUT2D eigenvalue weighted by Crippen LogP contribution is 2.37. The third-order valence-electron chi connectivity index (χ3n) is 8.18. The van der Waals surface area contributed by atoms with Gasteiger partial charge in [0.05, 0.1) is 12.0 Å². The Balaban J connectivity index is 1.39. The summed E-state index contributed by atoms with van der Waals surface area (Å²) >= 11 is 6.87. The van der Waals surface area contributed by atoms with Gasteiger partial charge >= 0.3 is 0 Å². The first-order valence-electron chi connectivity index (χ1n) is 14.1. The number of thiocarbonyl (C=S) groups is 1. The molecule has 0 bridgehead atoms. The van der Waals surface area contributed by atoms with Crippen molar-refractivity contribution in [2.24, 2.45) is 13.0 Å². The van der Waals surface area contributed by atoms with Crippen molar-refractivity contribution in [3.8, 4) is 11.8 Å². The summed E-state index contributed by atoms with van der Waals surface area (Å²) < 4.78 is 7.31. The Morgan fingerprint density at radius 2 is 1.76 bits per heavy atom. The van der Waals surface area contributed by atoms with Crippen LogP contribution in [0, 0.1) is 24.2 Å². The number of anilines is 1. The first kappa shape index (κ1) is 29.6. The predicted octanol–water partition coefficient (Wildman–Crippen LogP) is 5.48. The topological polar surface area (TPSA) is 78.6 Å². The van der Waals surface area contributed by atoms with Crippen molar-refractivity contribution in [1.82, 2.24) is 9.47 Å². The molecule has 2 aliphatic rings. The van der Waals surface area contributed by atoms with Crippen LogP contribution in [0.4, 0.5) is 5.82 Å². The number of piperidine rings is 1. The molecule has 9 heteroatoms. The van der Waals surface area contributed by atoms with Crippen molar-refractivity contribution in [3.63, 3.8) is 0 Å². The highest BCUT2D eigenvalue weighted by molar-refractivity contribution is 8.26. The third kappa shape index (κ3) is 6.15. The van der Waals surface area contributed by atoms with Gasteiger partial charge in [0.15, 0.2) is 0 Å². The van der Waals surface area contributed by atoms with Gasteiger partial charge in [-0.2, -0.15) is 5.26 Å². The van der Waals surface area contributed by atoms with Gasteiger partial charge in [-0.15, -0.1) is 0 Å². The maximum absolute atomic E-state index is 13.5. The van der Waals surface area contributed by atoms with Crippen molar-refractivity contribution in [3.05, 3.63) is 97.7 Å². The molecule has 216 valence electrons. The van der Waals surface area contributed by atoms with Crippen LogP contribution in [0.1, 0.15) is 40.7 Å². The number of ether oxygens (including phenoxy) is 1. The fourth-order valence-corrected chi connectivity index (χ4v) is 7.04. The SMILES string of the molecule is COc1ccc(CCN2C(=O)/C(=C\c3c(C)c(C#N)c(=O)n(C)c3N3CCC(Cc4ccccc4)CC3)SC2=S)cc1. The Morgan fingerprint density at radius 3 is 2.40 bits per heavy atom. The number of methoxy groups -OCH3 is 1. The van der Waals surface area contributed by atoms with E-state index in [1.165, 1.54) is 17.3 Å². The summed E-state index contributed by atoms with van der Waals surface area (Å²) in [7, 11) is 3.35. The molecule has 2 aliphatic heterocycles. The number of thioether (sulfide) groups is 1. The minimum absolute atomic E-state index is 0.0986. The van der Waals surface area contributed by atoms with Crippen LogP contribution < -0.4 is 15.2 Å². The number of carbonyl (C=O) groups is 1. The number of nitriles is 1. The molecule has 2 saturated heterocycles. The molecule has 3 aromatic rings. The van der Waals surface area contributed by atoms with Crippen LogP contribution in [0.2, 0.25) is 0 Å². The maximum Gasteiger partial charge on any atom is 0.270 e. The largest absolute Gasteiger partial charge is 0.497 e. The van der Waals surface area contributed by atoms with Crippen molar-refractivity contribution in [1.29, 1.82) is 5.26 Å². The average Bonchev–Trinajstić information content (AvgIpc) is 3.27. The highest BCUT2D eigenvalue weighted by atomic mass is 32.2. The van der Waals surface area contributed by atoms with Gasteiger partial charge in [-0.05, 0) is 73.4 Å². The van der Waals surface area contributed by atoms with E-state index in [2.05, 4.69) is 35.2 Å². The van der Waals surface area contributed by atoms with Gasteiger partial charge in [-0.1, -0.05) is 66.4 Å². The normalized spacial score (nSPS) is 16.8. The summed E-state index contributed by atoms with van der Waals surface area (Å²) in [5, 5.41) is 9.83. The first-order chi connectivity index (χ1) is 20.3. The molecule has 2 aromatic carbocycles. The van der Waals surface area contributed by atoms with Crippen LogP contribution in [-0.2, 0) is 24.7 Å². The highest BCUT2D eigenvalue weighted by Gasteiger charge is 2.33. The molecule has 0 unspecified atom stereocenters. The zero-order valence-electron chi connectivity index (χ0n) is 24.1. The molecule has 0 aliphatic carbocycles. The smallest absolute Gasteiger partial charge is 0.270 e. The third-order valence-corrected chi connectivity index (χ3v) is 9.56. The van der Waals surface area contributed by atoms with E-state index in [0.29, 0.717) is 33.7 Å². The number of pyridine rings is 1. The molecule has 42 heavy (non-hydrogen) atoms. The predicted molar refractivity (Wildman–Crippen MR) is 173 cm³/mol. The van der Waals surface area contributed by atoms with Crippen LogP contribution >= 0.6 is 24.0 Å². The Kier molecular flexibility index (Phi) is 9.15. The summed E-state index contributed by atoms with van der Waals surface area (Å²) in [5.41, 5.74) is 3.52. The zero-order valence-corrected chi connectivity index (χ0v) is 25.8. The summed E-state index contributed by atoms with van der Waals surface area (Å²) in [6.07, 6.45) is 5.51. The second kappa shape index (κ2) is 13.0. The van der Waals surface area contributed by atoms with Crippen LogP contribution in [0.25, 0.3) is 6.08 Å². The number of hydrogen-bond acceptors (Lipinski definition) is 7. The lowest BCUT2D eigenvalue weighted by atomic mass is 9.90. The van der Waals surface area contributed by atoms with Crippen molar-refractivity contribution in [2.75, 3.05) is 31.6 Å². The van der Waals surface area contributed by atoms with Gasteiger partial charge in [0.1, 0.15) is 27.5 Å². The van der Waals surface area contributed by atoms with Crippen molar-refractivity contribution >= 4 is 46.1 Å². The van der Waals surface area contributed by atoms with Crippen LogP contribution in [0.3, 0.4) is 0 Å². The number of nitrogens with zero attached hydrogens (tertiary/aromatic N) is 4. The van der Waals surface area contributed by atoms with E-state index in [4.69, 9.17) is 17.0 Å². The van der Waals surface area contributed by atoms with Crippen LogP contribution in [-0.4, -0.2) is 46.4 Å². The minimum Gasteiger partial charge on any atom is -0.497 e. The van der Waals surface area contributed by atoms with Gasteiger partial charge in [-0.25, -0.2) is 0 Å². The Morgan fingerprint density at radius 1 is 1.07 bits per heavy atom. The molecular weight excluding hydrogens is 565 g/mol. The quantitative estimate of drug-likeness (QED) is 0.251. The molecule has 2 fully saturated rings. The molecule has 7 nitrogen and oxygen atoms in total. The lowest BCUT2D eigenvalue weighted by Crippen LogP contribution is -2.39. The molecule has 0 radical (unpaired) electrons. The molecule has 0 spiro atoms. The molecule has 0 N–H and O–H groups in total. The van der Waals surface area contributed by atoms with E-state index in [1.807, 2.05) is 36.4 Å². The van der Waals surface area contributed by atoms with E-state index in [9.17, 15) is 14.9 Å². The Hall–Kier alpha value is -3.87. The number of carbonyl (C=O) groups excluding carboxylic acids is 1. The summed E-state index contributed by atoms with van der Waals surface area (Å²) in [6.45, 7) is 3.84.